The van der Waals surface area contributed by atoms with E-state index in [0.717, 1.165) is 23.4 Å². The maximum atomic E-state index is 12.8. The van der Waals surface area contributed by atoms with E-state index in [2.05, 4.69) is 5.10 Å². The minimum absolute atomic E-state index is 0.0853. The fourth-order valence-electron chi connectivity index (χ4n) is 2.94. The van der Waals surface area contributed by atoms with E-state index in [4.69, 9.17) is 9.15 Å². The summed E-state index contributed by atoms with van der Waals surface area (Å²) in [6, 6.07) is 3.70. The number of aryl methyl sites for hydroxylation is 1. The van der Waals surface area contributed by atoms with Crippen molar-refractivity contribution in [3.63, 3.8) is 0 Å². The van der Waals surface area contributed by atoms with Crippen molar-refractivity contribution in [2.45, 2.75) is 26.0 Å². The number of furan rings is 1. The summed E-state index contributed by atoms with van der Waals surface area (Å²) in [4.78, 5) is 14.5. The third-order valence-electron chi connectivity index (χ3n) is 4.34. The van der Waals surface area contributed by atoms with Crippen molar-refractivity contribution in [2.24, 2.45) is 13.0 Å². The van der Waals surface area contributed by atoms with Crippen molar-refractivity contribution in [2.75, 3.05) is 13.7 Å². The molecule has 0 bridgehead atoms. The van der Waals surface area contributed by atoms with Crippen molar-refractivity contribution < 1.29 is 13.9 Å². The van der Waals surface area contributed by atoms with Crippen LogP contribution in [0, 0.1) is 12.8 Å². The Morgan fingerprint density at radius 1 is 1.55 bits per heavy atom. The fourth-order valence-corrected chi connectivity index (χ4v) is 2.94. The summed E-state index contributed by atoms with van der Waals surface area (Å²) >= 11 is 0. The molecule has 0 aliphatic carbocycles. The molecular weight excluding hydrogens is 282 g/mol. The highest BCUT2D eigenvalue weighted by Crippen LogP contribution is 2.37. The van der Waals surface area contributed by atoms with Gasteiger partial charge in [0.1, 0.15) is 5.76 Å². The highest BCUT2D eigenvalue weighted by Gasteiger charge is 2.38. The van der Waals surface area contributed by atoms with Gasteiger partial charge in [0, 0.05) is 32.0 Å². The molecule has 3 heterocycles. The third kappa shape index (κ3) is 2.66. The average molecular weight is 303 g/mol. The van der Waals surface area contributed by atoms with E-state index in [0.29, 0.717) is 13.2 Å². The molecule has 2 aromatic heterocycles. The molecule has 6 nitrogen and oxygen atoms in total. The van der Waals surface area contributed by atoms with Gasteiger partial charge in [-0.05, 0) is 25.5 Å². The molecule has 118 valence electrons. The van der Waals surface area contributed by atoms with Gasteiger partial charge < -0.3 is 14.1 Å². The zero-order chi connectivity index (χ0) is 15.7. The summed E-state index contributed by atoms with van der Waals surface area (Å²) in [5.74, 6) is 0.703. The summed E-state index contributed by atoms with van der Waals surface area (Å²) in [5, 5.41) is 4.26. The van der Waals surface area contributed by atoms with E-state index >= 15 is 0 Å². The molecule has 0 N–H and O–H groups in total. The van der Waals surface area contributed by atoms with Gasteiger partial charge in [-0.2, -0.15) is 5.10 Å². The first-order valence-electron chi connectivity index (χ1n) is 7.45. The van der Waals surface area contributed by atoms with E-state index in [9.17, 15) is 4.79 Å². The van der Waals surface area contributed by atoms with Crippen LogP contribution in [0.25, 0.3) is 0 Å². The maximum Gasteiger partial charge on any atom is 0.228 e. The zero-order valence-corrected chi connectivity index (χ0v) is 13.2. The number of hydrogen-bond acceptors (Lipinski definition) is 4. The lowest BCUT2D eigenvalue weighted by Gasteiger charge is -2.23. The van der Waals surface area contributed by atoms with Crippen molar-refractivity contribution >= 4 is 5.91 Å². The second-order valence-electron chi connectivity index (χ2n) is 5.77. The lowest BCUT2D eigenvalue weighted by atomic mass is 9.94. The van der Waals surface area contributed by atoms with Crippen LogP contribution in [-0.4, -0.2) is 34.2 Å². The first kappa shape index (κ1) is 14.8. The number of rotatable bonds is 4. The fraction of sp³-hybridized carbons (Fsp3) is 0.500. The largest absolute Gasteiger partial charge is 0.467 e. The summed E-state index contributed by atoms with van der Waals surface area (Å²) in [6.45, 7) is 3.07. The Balaban J connectivity index is 1.75. The maximum absolute atomic E-state index is 12.8. The Hall–Kier alpha value is -2.08. The number of hydrogen-bond donors (Lipinski definition) is 0. The highest BCUT2D eigenvalue weighted by molar-refractivity contribution is 5.79. The summed E-state index contributed by atoms with van der Waals surface area (Å²) in [5.41, 5.74) is 2.04. The molecule has 1 saturated heterocycles. The third-order valence-corrected chi connectivity index (χ3v) is 4.34. The first-order chi connectivity index (χ1) is 10.6. The van der Waals surface area contributed by atoms with Crippen LogP contribution in [0.3, 0.4) is 0 Å². The second-order valence-corrected chi connectivity index (χ2v) is 5.77. The van der Waals surface area contributed by atoms with Gasteiger partial charge in [0.15, 0.2) is 0 Å². The van der Waals surface area contributed by atoms with Crippen LogP contribution in [0.1, 0.15) is 29.5 Å². The van der Waals surface area contributed by atoms with Gasteiger partial charge in [-0.1, -0.05) is 0 Å². The molecule has 6 heteroatoms. The van der Waals surface area contributed by atoms with Crippen LogP contribution in [0.15, 0.2) is 29.0 Å². The van der Waals surface area contributed by atoms with Crippen LogP contribution in [0.5, 0.6) is 0 Å². The van der Waals surface area contributed by atoms with Crippen molar-refractivity contribution in [1.82, 2.24) is 14.7 Å². The van der Waals surface area contributed by atoms with Crippen molar-refractivity contribution in [3.8, 4) is 0 Å². The monoisotopic (exact) mass is 303 g/mol. The molecule has 22 heavy (non-hydrogen) atoms. The van der Waals surface area contributed by atoms with E-state index in [1.54, 1.807) is 24.4 Å². The smallest absolute Gasteiger partial charge is 0.228 e. The molecule has 3 rings (SSSR count). The number of carbonyl (C=O) groups excluding carboxylic acids is 1. The lowest BCUT2D eigenvalue weighted by Crippen LogP contribution is -2.34. The number of aromatic nitrogens is 2. The predicted octanol–water partition coefficient (Wildman–Crippen LogP) is 2.06. The Morgan fingerprint density at radius 3 is 3.00 bits per heavy atom. The molecule has 0 saturated carbocycles. The van der Waals surface area contributed by atoms with Crippen LogP contribution < -0.4 is 0 Å². The van der Waals surface area contributed by atoms with Crippen molar-refractivity contribution in [1.29, 1.82) is 0 Å². The molecule has 1 fully saturated rings. The average Bonchev–Trinajstić information content (AvgIpc) is 3.22. The molecule has 1 aliphatic heterocycles. The van der Waals surface area contributed by atoms with E-state index in [1.807, 2.05) is 30.8 Å². The standard InChI is InChI=1S/C16H21N3O3/c1-11-14(9-17-19(11)3)15-13(6-8-22-15)16(20)18(2)10-12-5-4-7-21-12/h4-5,7,9,13,15H,6,8,10H2,1-3H3/t13-,15-/m0/s1. The van der Waals surface area contributed by atoms with Crippen molar-refractivity contribution in [3.05, 3.63) is 41.6 Å². The van der Waals surface area contributed by atoms with Gasteiger partial charge in [0.2, 0.25) is 5.91 Å². The Kier molecular flexibility index (Phi) is 4.02. The van der Waals surface area contributed by atoms with Gasteiger partial charge in [-0.15, -0.1) is 0 Å². The molecule has 2 aromatic rings. The van der Waals surface area contributed by atoms with Crippen LogP contribution in [0.4, 0.5) is 0 Å². The van der Waals surface area contributed by atoms with Crippen LogP contribution >= 0.6 is 0 Å². The SMILES string of the molecule is Cc1c([C@H]2OCC[C@@H]2C(=O)N(C)Cc2ccco2)cnn1C. The number of amides is 1. The van der Waals surface area contributed by atoms with E-state index in [-0.39, 0.29) is 17.9 Å². The molecular formula is C16H21N3O3. The molecule has 1 amide bonds. The molecule has 0 aromatic carbocycles. The molecule has 2 atom stereocenters. The van der Waals surface area contributed by atoms with Gasteiger partial charge in [0.25, 0.3) is 0 Å². The number of nitrogens with zero attached hydrogens (tertiary/aromatic N) is 3. The molecule has 0 radical (unpaired) electrons. The van der Waals surface area contributed by atoms with Crippen LogP contribution in [0.2, 0.25) is 0 Å². The predicted molar refractivity (Wildman–Crippen MR) is 79.9 cm³/mol. The number of carbonyl (C=O) groups is 1. The minimum Gasteiger partial charge on any atom is -0.467 e. The Bertz CT molecular complexity index is 648. The quantitative estimate of drug-likeness (QED) is 0.867. The van der Waals surface area contributed by atoms with Gasteiger partial charge >= 0.3 is 0 Å². The Labute approximate surface area is 129 Å². The minimum atomic E-state index is -0.208. The van der Waals surface area contributed by atoms with E-state index in [1.165, 1.54) is 0 Å². The van der Waals surface area contributed by atoms with Crippen LogP contribution in [-0.2, 0) is 23.1 Å². The summed E-state index contributed by atoms with van der Waals surface area (Å²) < 4.78 is 13.0. The van der Waals surface area contributed by atoms with E-state index < -0.39 is 0 Å². The second kappa shape index (κ2) is 5.96. The zero-order valence-electron chi connectivity index (χ0n) is 13.2. The topological polar surface area (TPSA) is 60.5 Å². The summed E-state index contributed by atoms with van der Waals surface area (Å²) in [6.07, 6.45) is 3.95. The summed E-state index contributed by atoms with van der Waals surface area (Å²) in [7, 11) is 3.70. The normalized spacial score (nSPS) is 21.2. The first-order valence-corrected chi connectivity index (χ1v) is 7.45. The number of ether oxygens (including phenoxy) is 1. The lowest BCUT2D eigenvalue weighted by molar-refractivity contribution is -0.136. The molecule has 0 spiro atoms. The van der Waals surface area contributed by atoms with Gasteiger partial charge in [-0.3, -0.25) is 9.48 Å². The molecule has 1 aliphatic rings. The Morgan fingerprint density at radius 2 is 2.36 bits per heavy atom. The van der Waals surface area contributed by atoms with Gasteiger partial charge in [0.05, 0.1) is 31.0 Å². The molecule has 0 unspecified atom stereocenters. The van der Waals surface area contributed by atoms with Gasteiger partial charge in [-0.25, -0.2) is 0 Å². The highest BCUT2D eigenvalue weighted by atomic mass is 16.5.